The van der Waals surface area contributed by atoms with E-state index in [0.29, 0.717) is 30.5 Å². The number of piperidine rings is 2. The quantitative estimate of drug-likeness (QED) is 0.836. The van der Waals surface area contributed by atoms with Gasteiger partial charge in [0.2, 0.25) is 5.91 Å². The zero-order valence-corrected chi connectivity index (χ0v) is 13.8. The minimum Gasteiger partial charge on any atom is -0.339 e. The van der Waals surface area contributed by atoms with Crippen LogP contribution in [0.5, 0.6) is 0 Å². The summed E-state index contributed by atoms with van der Waals surface area (Å²) in [6.45, 7) is 2.19. The molecule has 2 saturated heterocycles. The molecule has 2 atom stereocenters. The SMILES string of the molecule is O=C(c1cccc(F)c1)N1CC[C@H]2[C@H](CCCN2C(=O)C2CC2)C1. The van der Waals surface area contributed by atoms with Crippen molar-refractivity contribution in [3.05, 3.63) is 35.6 Å². The van der Waals surface area contributed by atoms with Crippen LogP contribution in [0, 0.1) is 17.7 Å². The molecule has 0 spiro atoms. The largest absolute Gasteiger partial charge is 0.339 e. The second kappa shape index (κ2) is 6.19. The molecule has 3 aliphatic rings. The molecule has 3 fully saturated rings. The summed E-state index contributed by atoms with van der Waals surface area (Å²) in [7, 11) is 0. The molecule has 128 valence electrons. The van der Waals surface area contributed by atoms with Crippen LogP contribution in [0.3, 0.4) is 0 Å². The molecular formula is C19H23FN2O2. The molecule has 0 bridgehead atoms. The van der Waals surface area contributed by atoms with Gasteiger partial charge in [-0.05, 0) is 56.2 Å². The predicted molar refractivity (Wildman–Crippen MR) is 87.9 cm³/mol. The number of amides is 2. The van der Waals surface area contributed by atoms with Crippen LogP contribution in [-0.2, 0) is 4.79 Å². The van der Waals surface area contributed by atoms with Crippen molar-refractivity contribution in [2.75, 3.05) is 19.6 Å². The maximum atomic E-state index is 13.4. The highest BCUT2D eigenvalue weighted by Crippen LogP contribution is 2.37. The van der Waals surface area contributed by atoms with Crippen LogP contribution in [0.25, 0.3) is 0 Å². The predicted octanol–water partition coefficient (Wildman–Crippen LogP) is 2.69. The number of fused-ring (bicyclic) bond motifs is 1. The van der Waals surface area contributed by atoms with Crippen molar-refractivity contribution < 1.29 is 14.0 Å². The smallest absolute Gasteiger partial charge is 0.253 e. The first-order valence-electron chi connectivity index (χ1n) is 8.99. The number of nitrogens with zero attached hydrogens (tertiary/aromatic N) is 2. The lowest BCUT2D eigenvalue weighted by Gasteiger charge is -2.47. The molecule has 5 heteroatoms. The first kappa shape index (κ1) is 15.6. The summed E-state index contributed by atoms with van der Waals surface area (Å²) in [6, 6.07) is 6.18. The number of benzene rings is 1. The molecule has 1 aromatic rings. The third kappa shape index (κ3) is 2.92. The van der Waals surface area contributed by atoms with E-state index < -0.39 is 0 Å². The summed E-state index contributed by atoms with van der Waals surface area (Å²) in [5.41, 5.74) is 0.412. The van der Waals surface area contributed by atoms with E-state index in [-0.39, 0.29) is 23.7 Å². The van der Waals surface area contributed by atoms with Crippen molar-refractivity contribution in [1.29, 1.82) is 0 Å². The third-order valence-corrected chi connectivity index (χ3v) is 5.64. The number of halogens is 1. The zero-order valence-electron chi connectivity index (χ0n) is 13.8. The van der Waals surface area contributed by atoms with E-state index in [1.54, 1.807) is 12.1 Å². The summed E-state index contributed by atoms with van der Waals surface area (Å²) in [6.07, 6.45) is 4.99. The van der Waals surface area contributed by atoms with E-state index in [2.05, 4.69) is 4.90 Å². The van der Waals surface area contributed by atoms with Crippen LogP contribution in [0.15, 0.2) is 24.3 Å². The van der Waals surface area contributed by atoms with Gasteiger partial charge in [0.05, 0.1) is 0 Å². The van der Waals surface area contributed by atoms with Gasteiger partial charge in [-0.15, -0.1) is 0 Å². The topological polar surface area (TPSA) is 40.6 Å². The Hall–Kier alpha value is -1.91. The van der Waals surface area contributed by atoms with Crippen LogP contribution in [0.1, 0.15) is 42.5 Å². The van der Waals surface area contributed by atoms with Gasteiger partial charge < -0.3 is 9.80 Å². The molecule has 2 aliphatic heterocycles. The molecule has 1 aliphatic carbocycles. The van der Waals surface area contributed by atoms with Gasteiger partial charge in [-0.2, -0.15) is 0 Å². The third-order valence-electron chi connectivity index (χ3n) is 5.64. The van der Waals surface area contributed by atoms with Crippen molar-refractivity contribution >= 4 is 11.8 Å². The molecule has 0 aromatic heterocycles. The second-order valence-corrected chi connectivity index (χ2v) is 7.33. The van der Waals surface area contributed by atoms with Gasteiger partial charge in [-0.1, -0.05) is 6.07 Å². The molecule has 4 rings (SSSR count). The first-order valence-corrected chi connectivity index (χ1v) is 8.99. The van der Waals surface area contributed by atoms with Gasteiger partial charge in [-0.25, -0.2) is 4.39 Å². The Bertz CT molecular complexity index is 659. The van der Waals surface area contributed by atoms with Crippen LogP contribution >= 0.6 is 0 Å². The maximum absolute atomic E-state index is 13.4. The van der Waals surface area contributed by atoms with E-state index in [1.165, 1.54) is 12.1 Å². The number of hydrogen-bond acceptors (Lipinski definition) is 2. The van der Waals surface area contributed by atoms with Crippen molar-refractivity contribution in [1.82, 2.24) is 9.80 Å². The number of rotatable bonds is 2. The molecule has 1 saturated carbocycles. The molecule has 0 N–H and O–H groups in total. The standard InChI is InChI=1S/C19H23FN2O2/c20-16-5-1-3-14(11-16)18(23)21-10-8-17-15(12-21)4-2-9-22(17)19(24)13-6-7-13/h1,3,5,11,13,15,17H,2,4,6-10,12H2/t15-,17+/m1/s1. The Kier molecular flexibility index (Phi) is 4.02. The molecule has 0 radical (unpaired) electrons. The minimum atomic E-state index is -0.380. The van der Waals surface area contributed by atoms with Crippen molar-refractivity contribution in [3.8, 4) is 0 Å². The molecule has 24 heavy (non-hydrogen) atoms. The lowest BCUT2D eigenvalue weighted by molar-refractivity contribution is -0.139. The molecule has 2 amide bonds. The van der Waals surface area contributed by atoms with E-state index in [0.717, 1.165) is 38.6 Å². The van der Waals surface area contributed by atoms with Crippen molar-refractivity contribution in [2.45, 2.75) is 38.1 Å². The highest BCUT2D eigenvalue weighted by Gasteiger charge is 2.43. The van der Waals surface area contributed by atoms with Crippen LogP contribution < -0.4 is 0 Å². The minimum absolute atomic E-state index is 0.0985. The molecular weight excluding hydrogens is 307 g/mol. The summed E-state index contributed by atoms with van der Waals surface area (Å²) < 4.78 is 13.4. The van der Waals surface area contributed by atoms with Gasteiger partial charge in [0.25, 0.3) is 5.91 Å². The highest BCUT2D eigenvalue weighted by atomic mass is 19.1. The summed E-state index contributed by atoms with van der Waals surface area (Å²) >= 11 is 0. The molecule has 0 unspecified atom stereocenters. The lowest BCUT2D eigenvalue weighted by Crippen LogP contribution is -2.57. The Morgan fingerprint density at radius 3 is 2.67 bits per heavy atom. The average Bonchev–Trinajstić information content (AvgIpc) is 3.44. The van der Waals surface area contributed by atoms with Gasteiger partial charge in [0, 0.05) is 37.2 Å². The van der Waals surface area contributed by atoms with E-state index in [4.69, 9.17) is 0 Å². The van der Waals surface area contributed by atoms with E-state index in [1.807, 2.05) is 4.90 Å². The monoisotopic (exact) mass is 330 g/mol. The number of carbonyl (C=O) groups excluding carboxylic acids is 2. The highest BCUT2D eigenvalue weighted by molar-refractivity contribution is 5.94. The average molecular weight is 330 g/mol. The summed E-state index contributed by atoms with van der Waals surface area (Å²) in [5.74, 6) is 0.464. The fourth-order valence-corrected chi connectivity index (χ4v) is 4.23. The van der Waals surface area contributed by atoms with E-state index in [9.17, 15) is 14.0 Å². The fourth-order valence-electron chi connectivity index (χ4n) is 4.23. The zero-order chi connectivity index (χ0) is 16.7. The Balaban J connectivity index is 1.45. The number of likely N-dealkylation sites (tertiary alicyclic amines) is 2. The normalized spacial score (nSPS) is 26.9. The Morgan fingerprint density at radius 2 is 1.92 bits per heavy atom. The van der Waals surface area contributed by atoms with Crippen LogP contribution in [0.2, 0.25) is 0 Å². The van der Waals surface area contributed by atoms with Crippen molar-refractivity contribution in [3.63, 3.8) is 0 Å². The van der Waals surface area contributed by atoms with Crippen molar-refractivity contribution in [2.24, 2.45) is 11.8 Å². The molecule has 1 aromatic carbocycles. The Morgan fingerprint density at radius 1 is 1.08 bits per heavy atom. The Labute approximate surface area is 141 Å². The second-order valence-electron chi connectivity index (χ2n) is 7.33. The van der Waals surface area contributed by atoms with Crippen LogP contribution in [0.4, 0.5) is 4.39 Å². The van der Waals surface area contributed by atoms with Gasteiger partial charge in [0.1, 0.15) is 5.82 Å². The molecule has 4 nitrogen and oxygen atoms in total. The van der Waals surface area contributed by atoms with E-state index >= 15 is 0 Å². The van der Waals surface area contributed by atoms with Gasteiger partial charge in [0.15, 0.2) is 0 Å². The first-order chi connectivity index (χ1) is 11.6. The van der Waals surface area contributed by atoms with Gasteiger partial charge >= 0.3 is 0 Å². The lowest BCUT2D eigenvalue weighted by atomic mass is 9.83. The molecule has 2 heterocycles. The number of carbonyl (C=O) groups is 2. The number of hydrogen-bond donors (Lipinski definition) is 0. The van der Waals surface area contributed by atoms with Crippen LogP contribution in [-0.4, -0.2) is 47.3 Å². The summed E-state index contributed by atoms with van der Waals surface area (Å²) in [5, 5.41) is 0. The fraction of sp³-hybridized carbons (Fsp3) is 0.579. The maximum Gasteiger partial charge on any atom is 0.253 e. The summed E-state index contributed by atoms with van der Waals surface area (Å²) in [4.78, 5) is 29.1. The van der Waals surface area contributed by atoms with Gasteiger partial charge in [-0.3, -0.25) is 9.59 Å².